The van der Waals surface area contributed by atoms with Crippen LogP contribution in [0.1, 0.15) is 18.2 Å². The molecule has 1 unspecified atom stereocenters. The minimum atomic E-state index is -1.25. The second-order valence-corrected chi connectivity index (χ2v) is 6.29. The Morgan fingerprint density at radius 2 is 2.18 bits per heavy atom. The van der Waals surface area contributed by atoms with Gasteiger partial charge in [-0.1, -0.05) is 18.2 Å². The fourth-order valence-corrected chi connectivity index (χ4v) is 2.91. The average Bonchev–Trinajstić information content (AvgIpc) is 3.14. The molecule has 1 atom stereocenters. The summed E-state index contributed by atoms with van der Waals surface area (Å²) in [7, 11) is 0. The van der Waals surface area contributed by atoms with Gasteiger partial charge in [0, 0.05) is 5.39 Å². The van der Waals surface area contributed by atoms with E-state index in [1.807, 2.05) is 41.1 Å². The van der Waals surface area contributed by atoms with Crippen molar-refractivity contribution in [3.05, 3.63) is 58.5 Å². The number of fused-ring (bicyclic) bond motifs is 1. The quantitative estimate of drug-likeness (QED) is 0.760. The van der Waals surface area contributed by atoms with Crippen LogP contribution in [0.15, 0.2) is 51.6 Å². The van der Waals surface area contributed by atoms with Crippen LogP contribution in [0.3, 0.4) is 0 Å². The molecule has 0 radical (unpaired) electrons. The number of aliphatic hydroxyl groups is 1. The molecule has 0 saturated heterocycles. The Bertz CT molecular complexity index is 741. The van der Waals surface area contributed by atoms with E-state index in [-0.39, 0.29) is 12.5 Å². The van der Waals surface area contributed by atoms with E-state index in [0.29, 0.717) is 12.2 Å². The molecule has 22 heavy (non-hydrogen) atoms. The van der Waals surface area contributed by atoms with E-state index < -0.39 is 5.60 Å². The smallest absolute Gasteiger partial charge is 0.224 e. The van der Waals surface area contributed by atoms with Crippen molar-refractivity contribution in [1.29, 1.82) is 0 Å². The van der Waals surface area contributed by atoms with Crippen LogP contribution < -0.4 is 5.32 Å². The first-order valence-electron chi connectivity index (χ1n) is 7.04. The maximum absolute atomic E-state index is 11.9. The molecule has 2 aromatic heterocycles. The second kappa shape index (κ2) is 5.94. The molecule has 3 aromatic rings. The molecule has 0 saturated carbocycles. The number of amides is 1. The Hall–Kier alpha value is -2.11. The van der Waals surface area contributed by atoms with Crippen molar-refractivity contribution < 1.29 is 14.3 Å². The predicted molar refractivity (Wildman–Crippen MR) is 86.8 cm³/mol. The van der Waals surface area contributed by atoms with Crippen LogP contribution in [0.25, 0.3) is 11.0 Å². The summed E-state index contributed by atoms with van der Waals surface area (Å²) in [6, 6.07) is 11.3. The standard InChI is InChI=1S/C17H17NO3S/c1-17(20,11-18-16(19)8-12-6-7-22-10-12)15-9-13-4-2-3-5-14(13)21-15/h2-7,9-10,20H,8,11H2,1H3,(H,18,19). The first-order chi connectivity index (χ1) is 10.5. The van der Waals surface area contributed by atoms with Gasteiger partial charge in [-0.2, -0.15) is 11.3 Å². The van der Waals surface area contributed by atoms with Crippen LogP contribution in [-0.2, 0) is 16.8 Å². The number of para-hydroxylation sites is 1. The zero-order chi connectivity index (χ0) is 15.6. The van der Waals surface area contributed by atoms with Crippen molar-refractivity contribution in [2.75, 3.05) is 6.54 Å². The summed E-state index contributed by atoms with van der Waals surface area (Å²) >= 11 is 1.56. The molecule has 1 aromatic carbocycles. The lowest BCUT2D eigenvalue weighted by Gasteiger charge is -2.21. The molecule has 1 amide bonds. The molecule has 0 bridgehead atoms. The Labute approximate surface area is 132 Å². The number of rotatable bonds is 5. The molecule has 0 spiro atoms. The van der Waals surface area contributed by atoms with Crippen LogP contribution >= 0.6 is 11.3 Å². The molecule has 0 fully saturated rings. The van der Waals surface area contributed by atoms with Gasteiger partial charge in [-0.15, -0.1) is 0 Å². The third kappa shape index (κ3) is 3.21. The molecule has 2 N–H and O–H groups in total. The fourth-order valence-electron chi connectivity index (χ4n) is 2.25. The molecule has 5 heteroatoms. The first kappa shape index (κ1) is 14.8. The zero-order valence-corrected chi connectivity index (χ0v) is 13.0. The van der Waals surface area contributed by atoms with E-state index in [1.54, 1.807) is 24.3 Å². The number of nitrogens with one attached hydrogen (secondary N) is 1. The number of furan rings is 1. The van der Waals surface area contributed by atoms with Crippen molar-refractivity contribution in [3.63, 3.8) is 0 Å². The highest BCUT2D eigenvalue weighted by Gasteiger charge is 2.28. The first-order valence-corrected chi connectivity index (χ1v) is 7.98. The number of carbonyl (C=O) groups excluding carboxylic acids is 1. The van der Waals surface area contributed by atoms with Gasteiger partial charge >= 0.3 is 0 Å². The van der Waals surface area contributed by atoms with Crippen molar-refractivity contribution in [2.24, 2.45) is 0 Å². The normalized spacial score (nSPS) is 13.9. The number of benzene rings is 1. The lowest BCUT2D eigenvalue weighted by atomic mass is 10.0. The van der Waals surface area contributed by atoms with Gasteiger partial charge in [0.2, 0.25) is 5.91 Å². The van der Waals surface area contributed by atoms with E-state index in [0.717, 1.165) is 16.5 Å². The van der Waals surface area contributed by atoms with Gasteiger partial charge in [0.05, 0.1) is 13.0 Å². The summed E-state index contributed by atoms with van der Waals surface area (Å²) in [5.41, 5.74) is 0.455. The minimum absolute atomic E-state index is 0.107. The lowest BCUT2D eigenvalue weighted by Crippen LogP contribution is -2.39. The van der Waals surface area contributed by atoms with Gasteiger partial charge in [-0.05, 0) is 41.4 Å². The van der Waals surface area contributed by atoms with Gasteiger partial charge in [-0.3, -0.25) is 4.79 Å². The van der Waals surface area contributed by atoms with Gasteiger partial charge in [-0.25, -0.2) is 0 Å². The third-order valence-electron chi connectivity index (χ3n) is 3.53. The molecular weight excluding hydrogens is 298 g/mol. The lowest BCUT2D eigenvalue weighted by molar-refractivity contribution is -0.121. The molecule has 0 aliphatic rings. The van der Waals surface area contributed by atoms with Crippen LogP contribution in [0, 0.1) is 0 Å². The largest absolute Gasteiger partial charge is 0.458 e. The van der Waals surface area contributed by atoms with Gasteiger partial charge in [0.25, 0.3) is 0 Å². The summed E-state index contributed by atoms with van der Waals surface area (Å²) in [5, 5.41) is 18.1. The molecule has 0 aliphatic heterocycles. The maximum Gasteiger partial charge on any atom is 0.224 e. The van der Waals surface area contributed by atoms with Crippen LogP contribution in [-0.4, -0.2) is 17.6 Å². The highest BCUT2D eigenvalue weighted by atomic mass is 32.1. The van der Waals surface area contributed by atoms with E-state index in [1.165, 1.54) is 0 Å². The second-order valence-electron chi connectivity index (χ2n) is 5.51. The summed E-state index contributed by atoms with van der Waals surface area (Å²) < 4.78 is 5.67. The fraction of sp³-hybridized carbons (Fsp3) is 0.235. The van der Waals surface area contributed by atoms with Crippen molar-refractivity contribution in [3.8, 4) is 0 Å². The molecule has 0 aliphatic carbocycles. The molecule has 4 nitrogen and oxygen atoms in total. The summed E-state index contributed by atoms with van der Waals surface area (Å²) in [6.45, 7) is 1.74. The Kier molecular flexibility index (Phi) is 4.00. The summed E-state index contributed by atoms with van der Waals surface area (Å²) in [6.07, 6.45) is 0.319. The van der Waals surface area contributed by atoms with Gasteiger partial charge in [0.15, 0.2) is 0 Å². The van der Waals surface area contributed by atoms with E-state index in [2.05, 4.69) is 5.32 Å². The highest BCUT2D eigenvalue weighted by Crippen LogP contribution is 2.27. The van der Waals surface area contributed by atoms with E-state index >= 15 is 0 Å². The summed E-state index contributed by atoms with van der Waals surface area (Å²) in [5.74, 6) is 0.333. The highest BCUT2D eigenvalue weighted by molar-refractivity contribution is 7.07. The Morgan fingerprint density at radius 1 is 1.36 bits per heavy atom. The van der Waals surface area contributed by atoms with Crippen molar-refractivity contribution in [1.82, 2.24) is 5.32 Å². The zero-order valence-electron chi connectivity index (χ0n) is 12.2. The topological polar surface area (TPSA) is 62.5 Å². The van der Waals surface area contributed by atoms with Crippen LogP contribution in [0.2, 0.25) is 0 Å². The predicted octanol–water partition coefficient (Wildman–Crippen LogP) is 3.06. The number of thiophene rings is 1. The van der Waals surface area contributed by atoms with Gasteiger partial charge < -0.3 is 14.8 Å². The number of carbonyl (C=O) groups is 1. The van der Waals surface area contributed by atoms with E-state index in [9.17, 15) is 9.90 Å². The number of hydrogen-bond acceptors (Lipinski definition) is 4. The van der Waals surface area contributed by atoms with E-state index in [4.69, 9.17) is 4.42 Å². The van der Waals surface area contributed by atoms with Gasteiger partial charge in [0.1, 0.15) is 16.9 Å². The summed E-state index contributed by atoms with van der Waals surface area (Å²) in [4.78, 5) is 11.9. The molecule has 3 rings (SSSR count). The maximum atomic E-state index is 11.9. The molecule has 114 valence electrons. The molecule has 2 heterocycles. The van der Waals surface area contributed by atoms with Crippen LogP contribution in [0.4, 0.5) is 0 Å². The number of hydrogen-bond donors (Lipinski definition) is 2. The molecular formula is C17H17NO3S. The Morgan fingerprint density at radius 3 is 2.91 bits per heavy atom. The SMILES string of the molecule is CC(O)(CNC(=O)Cc1ccsc1)c1cc2ccccc2o1. The van der Waals surface area contributed by atoms with Crippen molar-refractivity contribution in [2.45, 2.75) is 18.9 Å². The third-order valence-corrected chi connectivity index (χ3v) is 4.26. The average molecular weight is 315 g/mol. The monoisotopic (exact) mass is 315 g/mol. The van der Waals surface area contributed by atoms with Crippen LogP contribution in [0.5, 0.6) is 0 Å². The minimum Gasteiger partial charge on any atom is -0.458 e. The van der Waals surface area contributed by atoms with Crippen molar-refractivity contribution >= 4 is 28.2 Å². The Balaban J connectivity index is 1.66.